The molecule has 0 spiro atoms. The molecule has 4 nitrogen and oxygen atoms in total. The fourth-order valence-corrected chi connectivity index (χ4v) is 2.03. The van der Waals surface area contributed by atoms with Crippen molar-refractivity contribution in [2.45, 2.75) is 0 Å². The fourth-order valence-electron chi connectivity index (χ4n) is 1.39. The quantitative estimate of drug-likeness (QED) is 0.665. The third-order valence-corrected chi connectivity index (χ3v) is 3.05. The minimum atomic E-state index is -4.14. The van der Waals surface area contributed by atoms with E-state index in [1.807, 2.05) is 30.3 Å². The van der Waals surface area contributed by atoms with Crippen LogP contribution >= 0.6 is 7.82 Å². The molecule has 2 aromatic rings. The maximum Gasteiger partial charge on any atom is 0.584 e. The van der Waals surface area contributed by atoms with Crippen molar-refractivity contribution in [2.75, 3.05) is 0 Å². The highest BCUT2D eigenvalue weighted by Gasteiger charge is 2.22. The van der Waals surface area contributed by atoms with Crippen molar-refractivity contribution < 1.29 is 18.5 Å². The van der Waals surface area contributed by atoms with E-state index in [-0.39, 0.29) is 5.75 Å². The maximum atomic E-state index is 11.6. The van der Waals surface area contributed by atoms with Gasteiger partial charge in [-0.15, -0.1) is 0 Å². The smallest absolute Gasteiger partial charge is 0.403 e. The van der Waals surface area contributed by atoms with Gasteiger partial charge in [0.25, 0.3) is 0 Å². The summed E-state index contributed by atoms with van der Waals surface area (Å²) in [6, 6.07) is 17.6. The maximum absolute atomic E-state index is 11.6. The Kier molecular flexibility index (Phi) is 4.39. The predicted molar refractivity (Wildman–Crippen MR) is 73.5 cm³/mol. The van der Waals surface area contributed by atoms with E-state index in [0.717, 1.165) is 11.8 Å². The number of hydrogen-bond acceptors (Lipinski definition) is 3. The normalized spacial score (nSPS) is 13.9. The highest BCUT2D eigenvalue weighted by Crippen LogP contribution is 2.44. The van der Waals surface area contributed by atoms with Crippen molar-refractivity contribution >= 4 is 13.9 Å². The summed E-state index contributed by atoms with van der Waals surface area (Å²) >= 11 is 0. The topological polar surface area (TPSA) is 55.8 Å². The molecule has 5 heteroatoms. The lowest BCUT2D eigenvalue weighted by atomic mass is 10.2. The van der Waals surface area contributed by atoms with Gasteiger partial charge in [-0.3, -0.25) is 4.89 Å². The lowest BCUT2D eigenvalue weighted by Crippen LogP contribution is -1.92. The lowest BCUT2D eigenvalue weighted by molar-refractivity contribution is 0.267. The summed E-state index contributed by atoms with van der Waals surface area (Å²) in [5.74, 6) is 0.279. The predicted octanol–water partition coefficient (Wildman–Crippen LogP) is 3.85. The van der Waals surface area contributed by atoms with Crippen molar-refractivity contribution in [1.82, 2.24) is 0 Å². The molecular weight excluding hydrogens is 263 g/mol. The Balaban J connectivity index is 1.95. The summed E-state index contributed by atoms with van der Waals surface area (Å²) in [6.07, 6.45) is 2.73. The molecule has 0 aliphatic carbocycles. The van der Waals surface area contributed by atoms with Crippen molar-refractivity contribution in [2.24, 2.45) is 0 Å². The Morgan fingerprint density at radius 1 is 0.947 bits per heavy atom. The van der Waals surface area contributed by atoms with Crippen LogP contribution < -0.4 is 4.52 Å². The number of para-hydroxylation sites is 1. The number of phosphoric ester groups is 1. The first-order chi connectivity index (χ1) is 9.16. The molecule has 2 aromatic carbocycles. The van der Waals surface area contributed by atoms with Crippen molar-refractivity contribution in [3.05, 3.63) is 72.5 Å². The van der Waals surface area contributed by atoms with Gasteiger partial charge >= 0.3 is 7.82 Å². The third kappa shape index (κ3) is 4.62. The average molecular weight is 276 g/mol. The van der Waals surface area contributed by atoms with E-state index in [1.165, 1.54) is 0 Å². The van der Waals surface area contributed by atoms with Crippen LogP contribution in [0.5, 0.6) is 5.75 Å². The standard InChI is InChI=1S/C14H13O4P/c15-19(16,18-14-9-5-2-6-10-14)17-12-11-13-7-3-1-4-8-13/h1-12H,(H,15,16). The van der Waals surface area contributed by atoms with E-state index in [0.29, 0.717) is 0 Å². The molecule has 98 valence electrons. The van der Waals surface area contributed by atoms with Crippen molar-refractivity contribution in [3.63, 3.8) is 0 Å². The summed E-state index contributed by atoms with van der Waals surface area (Å²) in [7, 11) is -4.14. The van der Waals surface area contributed by atoms with E-state index in [9.17, 15) is 9.46 Å². The second-order valence-electron chi connectivity index (χ2n) is 3.69. The first kappa shape index (κ1) is 13.4. The Morgan fingerprint density at radius 3 is 2.16 bits per heavy atom. The monoisotopic (exact) mass is 276 g/mol. The summed E-state index contributed by atoms with van der Waals surface area (Å²) in [5, 5.41) is 0. The van der Waals surface area contributed by atoms with Crippen molar-refractivity contribution in [1.29, 1.82) is 0 Å². The first-order valence-corrected chi connectivity index (χ1v) is 7.13. The van der Waals surface area contributed by atoms with Crippen LogP contribution in [-0.2, 0) is 9.09 Å². The number of rotatable bonds is 5. The van der Waals surface area contributed by atoms with Crippen LogP contribution in [0, 0.1) is 0 Å². The molecule has 1 unspecified atom stereocenters. The SMILES string of the molecule is O=P(O)(OC=Cc1ccccc1)Oc1ccccc1. The van der Waals surface area contributed by atoms with Gasteiger partial charge in [-0.1, -0.05) is 48.5 Å². The van der Waals surface area contributed by atoms with Crippen LogP contribution in [0.25, 0.3) is 6.08 Å². The van der Waals surface area contributed by atoms with Crippen LogP contribution in [0.15, 0.2) is 66.9 Å². The zero-order valence-corrected chi connectivity index (χ0v) is 10.9. The second kappa shape index (κ2) is 6.23. The van der Waals surface area contributed by atoms with Crippen LogP contribution in [0.2, 0.25) is 0 Å². The number of hydrogen-bond donors (Lipinski definition) is 1. The first-order valence-electron chi connectivity index (χ1n) is 5.63. The van der Waals surface area contributed by atoms with Crippen LogP contribution in [0.3, 0.4) is 0 Å². The molecule has 2 rings (SSSR count). The molecule has 0 radical (unpaired) electrons. The van der Waals surface area contributed by atoms with Crippen LogP contribution in [0.1, 0.15) is 5.56 Å². The number of benzene rings is 2. The van der Waals surface area contributed by atoms with Crippen LogP contribution in [0.4, 0.5) is 0 Å². The van der Waals surface area contributed by atoms with E-state index in [2.05, 4.69) is 0 Å². The fraction of sp³-hybridized carbons (Fsp3) is 0. The molecule has 0 heterocycles. The molecule has 0 aliphatic heterocycles. The zero-order valence-electron chi connectivity index (χ0n) is 10.0. The van der Waals surface area contributed by atoms with E-state index < -0.39 is 7.82 Å². The molecule has 0 bridgehead atoms. The van der Waals surface area contributed by atoms with Gasteiger partial charge in [0.2, 0.25) is 0 Å². The minimum absolute atomic E-state index is 0.279. The summed E-state index contributed by atoms with van der Waals surface area (Å²) in [5.41, 5.74) is 0.863. The summed E-state index contributed by atoms with van der Waals surface area (Å²) < 4.78 is 21.3. The largest absolute Gasteiger partial charge is 0.584 e. The molecule has 0 saturated carbocycles. The molecule has 19 heavy (non-hydrogen) atoms. The summed E-state index contributed by atoms with van der Waals surface area (Å²) in [4.78, 5) is 9.51. The second-order valence-corrected chi connectivity index (χ2v) is 5.02. The van der Waals surface area contributed by atoms with Gasteiger partial charge in [0, 0.05) is 0 Å². The Bertz CT molecular complexity index is 581. The minimum Gasteiger partial charge on any atom is -0.403 e. The number of phosphoric acid groups is 1. The molecule has 0 amide bonds. The Morgan fingerprint density at radius 2 is 1.53 bits per heavy atom. The zero-order chi connectivity index (χ0) is 13.6. The molecule has 1 N–H and O–H groups in total. The van der Waals surface area contributed by atoms with Gasteiger partial charge in [0.1, 0.15) is 5.75 Å². The van der Waals surface area contributed by atoms with E-state index in [1.54, 1.807) is 36.4 Å². The summed E-state index contributed by atoms with van der Waals surface area (Å²) in [6.45, 7) is 0. The van der Waals surface area contributed by atoms with Gasteiger partial charge in [-0.2, -0.15) is 0 Å². The van der Waals surface area contributed by atoms with Gasteiger partial charge < -0.3 is 9.05 Å². The molecule has 0 aliphatic rings. The average Bonchev–Trinajstić information content (AvgIpc) is 2.40. The lowest BCUT2D eigenvalue weighted by Gasteiger charge is -2.10. The van der Waals surface area contributed by atoms with Gasteiger partial charge in [0.05, 0.1) is 6.26 Å². The van der Waals surface area contributed by atoms with Crippen LogP contribution in [-0.4, -0.2) is 4.89 Å². The van der Waals surface area contributed by atoms with Gasteiger partial charge in [-0.05, 0) is 23.8 Å². The molecule has 0 fully saturated rings. The Labute approximate surface area is 111 Å². The van der Waals surface area contributed by atoms with Gasteiger partial charge in [-0.25, -0.2) is 4.57 Å². The van der Waals surface area contributed by atoms with Crippen molar-refractivity contribution in [3.8, 4) is 5.75 Å². The molecule has 1 atom stereocenters. The highest BCUT2D eigenvalue weighted by molar-refractivity contribution is 7.47. The van der Waals surface area contributed by atoms with Gasteiger partial charge in [0.15, 0.2) is 0 Å². The molecule has 0 aromatic heterocycles. The molecular formula is C14H13O4P. The Hall–Kier alpha value is -2.03. The van der Waals surface area contributed by atoms with E-state index >= 15 is 0 Å². The molecule has 0 saturated heterocycles. The highest BCUT2D eigenvalue weighted by atomic mass is 31.2. The third-order valence-electron chi connectivity index (χ3n) is 2.22. The van der Waals surface area contributed by atoms with E-state index in [4.69, 9.17) is 9.05 Å².